The molecule has 3 heterocycles. The molecule has 4 rings (SSSR count). The normalized spacial score (nSPS) is 31.1. The van der Waals surface area contributed by atoms with Gasteiger partial charge in [0.25, 0.3) is 0 Å². The Morgan fingerprint density at radius 3 is 2.64 bits per heavy atom. The topological polar surface area (TPSA) is 78.5 Å². The van der Waals surface area contributed by atoms with E-state index < -0.39 is 17.4 Å². The van der Waals surface area contributed by atoms with Gasteiger partial charge in [0.2, 0.25) is 17.7 Å². The van der Waals surface area contributed by atoms with Crippen LogP contribution in [0.4, 0.5) is 5.69 Å². The Morgan fingerprint density at radius 1 is 1.21 bits per heavy atom. The average Bonchev–Trinajstić information content (AvgIpc) is 3.20. The molecule has 0 aromatic heterocycles. The highest BCUT2D eigenvalue weighted by Crippen LogP contribution is 2.54. The van der Waals surface area contributed by atoms with E-state index in [0.717, 1.165) is 12.8 Å². The van der Waals surface area contributed by atoms with Crippen LogP contribution in [0, 0.1) is 17.8 Å². The Morgan fingerprint density at radius 2 is 1.96 bits per heavy atom. The summed E-state index contributed by atoms with van der Waals surface area (Å²) >= 11 is 6.32. The second-order valence-corrected chi connectivity index (χ2v) is 8.90. The van der Waals surface area contributed by atoms with Crippen molar-refractivity contribution < 1.29 is 14.4 Å². The SMILES string of the molecule is CCCCN1C(=O)[C@@H]2[C@H](CC(C)C)N[C@]3(C(=O)Nc4c(Cl)cccc43)[C@@H]2C1=O. The molecule has 2 fully saturated rings. The number of anilines is 1. The number of hydrogen-bond acceptors (Lipinski definition) is 4. The third-order valence-corrected chi connectivity index (χ3v) is 6.57. The monoisotopic (exact) mass is 403 g/mol. The summed E-state index contributed by atoms with van der Waals surface area (Å²) in [5, 5.41) is 6.73. The lowest BCUT2D eigenvalue weighted by Gasteiger charge is -2.29. The number of rotatable bonds is 5. The number of carbonyl (C=O) groups is 3. The first-order valence-electron chi connectivity index (χ1n) is 10.1. The second-order valence-electron chi connectivity index (χ2n) is 8.49. The first kappa shape index (κ1) is 19.4. The Balaban J connectivity index is 1.84. The lowest BCUT2D eigenvalue weighted by molar-refractivity contribution is -0.142. The number of unbranched alkanes of at least 4 members (excludes halogenated alkanes) is 1. The molecule has 6 nitrogen and oxygen atoms in total. The molecule has 1 aromatic carbocycles. The molecule has 3 amide bonds. The number of nitrogens with zero attached hydrogens (tertiary/aromatic N) is 1. The van der Waals surface area contributed by atoms with Crippen molar-refractivity contribution in [2.24, 2.45) is 17.8 Å². The molecule has 28 heavy (non-hydrogen) atoms. The average molecular weight is 404 g/mol. The molecule has 3 aliphatic rings. The molecule has 0 bridgehead atoms. The molecule has 1 spiro atoms. The van der Waals surface area contributed by atoms with Gasteiger partial charge >= 0.3 is 0 Å². The van der Waals surface area contributed by atoms with E-state index >= 15 is 0 Å². The second kappa shape index (κ2) is 6.85. The van der Waals surface area contributed by atoms with Gasteiger partial charge in [0.05, 0.1) is 22.5 Å². The van der Waals surface area contributed by atoms with Crippen LogP contribution in [0.2, 0.25) is 5.02 Å². The first-order valence-corrected chi connectivity index (χ1v) is 10.4. The van der Waals surface area contributed by atoms with Crippen LogP contribution in [0.1, 0.15) is 45.6 Å². The number of halogens is 1. The first-order chi connectivity index (χ1) is 13.3. The van der Waals surface area contributed by atoms with Crippen LogP contribution in [-0.2, 0) is 19.9 Å². The van der Waals surface area contributed by atoms with Crippen molar-refractivity contribution in [1.82, 2.24) is 10.2 Å². The Kier molecular flexibility index (Phi) is 4.74. The predicted octanol–water partition coefficient (Wildman–Crippen LogP) is 2.91. The number of fused-ring (bicyclic) bond motifs is 4. The number of likely N-dealkylation sites (tertiary alicyclic amines) is 1. The van der Waals surface area contributed by atoms with E-state index in [4.69, 9.17) is 11.6 Å². The standard InChI is InChI=1S/C21H26ClN3O3/c1-4-5-9-25-18(26)15-14(10-11(2)3)24-21(16(15)19(25)27)12-7-6-8-13(22)17(12)23-20(21)28/h6-8,11,14-16,24H,4-5,9-10H2,1-3H3,(H,23,28)/t14-,15+,16-,21-/m0/s1. The van der Waals surface area contributed by atoms with Gasteiger partial charge in [0.1, 0.15) is 5.54 Å². The Labute approximate surface area is 170 Å². The molecular formula is C21H26ClN3O3. The molecule has 3 aliphatic heterocycles. The van der Waals surface area contributed by atoms with Crippen LogP contribution in [-0.4, -0.2) is 35.2 Å². The van der Waals surface area contributed by atoms with E-state index in [2.05, 4.69) is 24.5 Å². The van der Waals surface area contributed by atoms with Crippen molar-refractivity contribution in [2.45, 2.75) is 51.6 Å². The molecule has 150 valence electrons. The van der Waals surface area contributed by atoms with Gasteiger partial charge in [-0.2, -0.15) is 0 Å². The van der Waals surface area contributed by atoms with Crippen molar-refractivity contribution in [3.8, 4) is 0 Å². The summed E-state index contributed by atoms with van der Waals surface area (Å²) in [4.78, 5) is 41.2. The van der Waals surface area contributed by atoms with E-state index in [0.29, 0.717) is 35.2 Å². The third kappa shape index (κ3) is 2.54. The number of para-hydroxylation sites is 1. The van der Waals surface area contributed by atoms with Gasteiger partial charge in [-0.25, -0.2) is 0 Å². The van der Waals surface area contributed by atoms with E-state index in [-0.39, 0.29) is 23.8 Å². The highest BCUT2D eigenvalue weighted by Gasteiger charge is 2.70. The van der Waals surface area contributed by atoms with Crippen LogP contribution in [0.3, 0.4) is 0 Å². The summed E-state index contributed by atoms with van der Waals surface area (Å²) in [5.74, 6) is -1.63. The molecule has 2 N–H and O–H groups in total. The lowest BCUT2D eigenvalue weighted by Crippen LogP contribution is -2.53. The fourth-order valence-corrected chi connectivity index (χ4v) is 5.32. The number of amides is 3. The Bertz CT molecular complexity index is 855. The zero-order chi connectivity index (χ0) is 20.2. The van der Waals surface area contributed by atoms with Gasteiger partial charge in [0.15, 0.2) is 0 Å². The summed E-state index contributed by atoms with van der Waals surface area (Å²) in [5.41, 5.74) is -0.0272. The van der Waals surface area contributed by atoms with Crippen molar-refractivity contribution in [3.63, 3.8) is 0 Å². The van der Waals surface area contributed by atoms with Gasteiger partial charge in [-0.1, -0.05) is 50.9 Å². The zero-order valence-electron chi connectivity index (χ0n) is 16.4. The quantitative estimate of drug-likeness (QED) is 0.741. The smallest absolute Gasteiger partial charge is 0.250 e. The van der Waals surface area contributed by atoms with Crippen molar-refractivity contribution >= 4 is 35.0 Å². The fourth-order valence-electron chi connectivity index (χ4n) is 5.10. The largest absolute Gasteiger partial charge is 0.323 e. The summed E-state index contributed by atoms with van der Waals surface area (Å²) < 4.78 is 0. The van der Waals surface area contributed by atoms with Crippen LogP contribution in [0.5, 0.6) is 0 Å². The number of nitrogens with one attached hydrogen (secondary N) is 2. The van der Waals surface area contributed by atoms with Gasteiger partial charge in [-0.05, 0) is 24.8 Å². The summed E-state index contributed by atoms with van der Waals surface area (Å²) in [6, 6.07) is 5.09. The zero-order valence-corrected chi connectivity index (χ0v) is 17.2. The molecule has 2 saturated heterocycles. The summed E-state index contributed by atoms with van der Waals surface area (Å²) in [6.07, 6.45) is 2.37. The van der Waals surface area contributed by atoms with Crippen LogP contribution in [0.25, 0.3) is 0 Å². The van der Waals surface area contributed by atoms with E-state index in [1.54, 1.807) is 12.1 Å². The lowest BCUT2D eigenvalue weighted by atomic mass is 9.76. The molecule has 0 saturated carbocycles. The van der Waals surface area contributed by atoms with Crippen molar-refractivity contribution in [1.29, 1.82) is 0 Å². The maximum Gasteiger partial charge on any atom is 0.250 e. The van der Waals surface area contributed by atoms with Crippen LogP contribution < -0.4 is 10.6 Å². The maximum absolute atomic E-state index is 13.4. The minimum atomic E-state index is -1.24. The van der Waals surface area contributed by atoms with E-state index in [1.807, 2.05) is 13.0 Å². The minimum Gasteiger partial charge on any atom is -0.323 e. The van der Waals surface area contributed by atoms with Crippen molar-refractivity contribution in [2.75, 3.05) is 11.9 Å². The molecule has 0 aliphatic carbocycles. The predicted molar refractivity (Wildman–Crippen MR) is 107 cm³/mol. The van der Waals surface area contributed by atoms with Gasteiger partial charge < -0.3 is 5.32 Å². The summed E-state index contributed by atoms with van der Waals surface area (Å²) in [6.45, 7) is 6.60. The van der Waals surface area contributed by atoms with Crippen LogP contribution >= 0.6 is 11.6 Å². The summed E-state index contributed by atoms with van der Waals surface area (Å²) in [7, 11) is 0. The number of imide groups is 1. The van der Waals surface area contributed by atoms with E-state index in [9.17, 15) is 14.4 Å². The molecule has 0 radical (unpaired) electrons. The van der Waals surface area contributed by atoms with E-state index in [1.165, 1.54) is 4.90 Å². The van der Waals surface area contributed by atoms with Gasteiger partial charge in [-0.15, -0.1) is 0 Å². The molecular weight excluding hydrogens is 378 g/mol. The molecule has 1 aromatic rings. The van der Waals surface area contributed by atoms with Crippen molar-refractivity contribution in [3.05, 3.63) is 28.8 Å². The highest BCUT2D eigenvalue weighted by molar-refractivity contribution is 6.35. The Hall–Kier alpha value is -1.92. The molecule has 0 unspecified atom stereocenters. The molecule has 7 heteroatoms. The number of carbonyl (C=O) groups excluding carboxylic acids is 3. The minimum absolute atomic E-state index is 0.151. The van der Waals surface area contributed by atoms with Gasteiger partial charge in [-0.3, -0.25) is 24.6 Å². The van der Waals surface area contributed by atoms with Crippen LogP contribution in [0.15, 0.2) is 18.2 Å². The maximum atomic E-state index is 13.4. The third-order valence-electron chi connectivity index (χ3n) is 6.25. The fraction of sp³-hybridized carbons (Fsp3) is 0.571. The molecule has 4 atom stereocenters. The van der Waals surface area contributed by atoms with Gasteiger partial charge in [0, 0.05) is 18.2 Å². The number of hydrogen-bond donors (Lipinski definition) is 2. The highest BCUT2D eigenvalue weighted by atomic mass is 35.5. The number of benzene rings is 1.